The Morgan fingerprint density at radius 1 is 1.35 bits per heavy atom. The van der Waals surface area contributed by atoms with E-state index in [4.69, 9.17) is 5.73 Å². The number of nitrogens with one attached hydrogen (secondary N) is 1. The van der Waals surface area contributed by atoms with Crippen LogP contribution in [-0.2, 0) is 0 Å². The highest BCUT2D eigenvalue weighted by molar-refractivity contribution is 5.95. The van der Waals surface area contributed by atoms with Gasteiger partial charge in [-0.2, -0.15) is 0 Å². The number of allylic oxidation sites excluding steroid dienone is 2. The Hall–Kier alpha value is -2.29. The Balaban J connectivity index is 2.84. The summed E-state index contributed by atoms with van der Waals surface area (Å²) < 4.78 is 0. The molecule has 0 radical (unpaired) electrons. The fraction of sp³-hybridized carbons (Fsp3) is 0.0714. The van der Waals surface area contributed by atoms with Gasteiger partial charge in [-0.25, -0.2) is 0 Å². The average molecular weight is 228 g/mol. The third-order valence-corrected chi connectivity index (χ3v) is 2.19. The normalized spacial score (nSPS) is 10.8. The van der Waals surface area contributed by atoms with Crippen molar-refractivity contribution in [2.75, 3.05) is 0 Å². The predicted molar refractivity (Wildman–Crippen MR) is 70.3 cm³/mol. The van der Waals surface area contributed by atoms with Crippen LogP contribution < -0.4 is 11.1 Å². The van der Waals surface area contributed by atoms with Crippen LogP contribution in [0.15, 0.2) is 61.0 Å². The molecule has 88 valence electrons. The molecule has 0 saturated carbocycles. The van der Waals surface area contributed by atoms with E-state index in [1.54, 1.807) is 24.3 Å². The molecule has 0 fully saturated rings. The van der Waals surface area contributed by atoms with Crippen molar-refractivity contribution in [1.82, 2.24) is 5.32 Å². The van der Waals surface area contributed by atoms with Crippen molar-refractivity contribution < 1.29 is 4.79 Å². The molecular weight excluding hydrogens is 212 g/mol. The van der Waals surface area contributed by atoms with Crippen molar-refractivity contribution in [2.24, 2.45) is 5.73 Å². The molecule has 1 aromatic carbocycles. The SMILES string of the molecule is C=C/C=C(/NC(=O)c1ccc(C)cc1)C(=C)N. The minimum Gasteiger partial charge on any atom is -0.398 e. The first-order chi connectivity index (χ1) is 8.04. The largest absolute Gasteiger partial charge is 0.398 e. The molecule has 3 N–H and O–H groups in total. The number of hydrogen-bond donors (Lipinski definition) is 2. The zero-order valence-corrected chi connectivity index (χ0v) is 9.86. The van der Waals surface area contributed by atoms with Gasteiger partial charge in [-0.3, -0.25) is 4.79 Å². The van der Waals surface area contributed by atoms with Crippen molar-refractivity contribution in [2.45, 2.75) is 6.92 Å². The molecule has 0 unspecified atom stereocenters. The van der Waals surface area contributed by atoms with Gasteiger partial charge in [-0.05, 0) is 25.1 Å². The number of hydrogen-bond acceptors (Lipinski definition) is 2. The molecule has 0 spiro atoms. The molecule has 3 heteroatoms. The van der Waals surface area contributed by atoms with E-state index >= 15 is 0 Å². The molecule has 0 aromatic heterocycles. The summed E-state index contributed by atoms with van der Waals surface area (Å²) in [5, 5.41) is 2.68. The lowest BCUT2D eigenvalue weighted by atomic mass is 10.1. The number of nitrogens with two attached hydrogens (primary N) is 1. The molecule has 0 aliphatic heterocycles. The van der Waals surface area contributed by atoms with E-state index < -0.39 is 0 Å². The highest BCUT2D eigenvalue weighted by atomic mass is 16.1. The van der Waals surface area contributed by atoms with Gasteiger partial charge in [0.25, 0.3) is 5.91 Å². The van der Waals surface area contributed by atoms with Gasteiger partial charge in [-0.1, -0.05) is 36.9 Å². The zero-order valence-electron chi connectivity index (χ0n) is 9.86. The summed E-state index contributed by atoms with van der Waals surface area (Å²) in [7, 11) is 0. The molecule has 1 rings (SSSR count). The number of amides is 1. The minimum atomic E-state index is -0.218. The first kappa shape index (κ1) is 12.8. The van der Waals surface area contributed by atoms with Crippen LogP contribution in [0.4, 0.5) is 0 Å². The number of aryl methyl sites for hydroxylation is 1. The van der Waals surface area contributed by atoms with E-state index in [1.807, 2.05) is 19.1 Å². The standard InChI is InChI=1S/C14H16N2O/c1-4-5-13(11(3)15)16-14(17)12-8-6-10(2)7-9-12/h4-9H,1,3,15H2,2H3,(H,16,17)/b13-5+. The molecule has 1 amide bonds. The van der Waals surface area contributed by atoms with Crippen LogP contribution in [0.5, 0.6) is 0 Å². The quantitative estimate of drug-likeness (QED) is 0.777. The summed E-state index contributed by atoms with van der Waals surface area (Å²) in [4.78, 5) is 11.9. The van der Waals surface area contributed by atoms with E-state index in [-0.39, 0.29) is 5.91 Å². The zero-order chi connectivity index (χ0) is 12.8. The minimum absolute atomic E-state index is 0.218. The van der Waals surface area contributed by atoms with Crippen molar-refractivity contribution in [3.05, 3.63) is 72.1 Å². The van der Waals surface area contributed by atoms with Gasteiger partial charge < -0.3 is 11.1 Å². The first-order valence-corrected chi connectivity index (χ1v) is 5.20. The van der Waals surface area contributed by atoms with Gasteiger partial charge in [0.2, 0.25) is 0 Å². The molecule has 1 aromatic rings. The van der Waals surface area contributed by atoms with Crippen LogP contribution in [0, 0.1) is 6.92 Å². The van der Waals surface area contributed by atoms with Crippen LogP contribution in [-0.4, -0.2) is 5.91 Å². The molecule has 0 atom stereocenters. The van der Waals surface area contributed by atoms with E-state index in [0.29, 0.717) is 17.0 Å². The van der Waals surface area contributed by atoms with Crippen LogP contribution >= 0.6 is 0 Å². The number of carbonyl (C=O) groups excluding carboxylic acids is 1. The summed E-state index contributed by atoms with van der Waals surface area (Å²) in [5.74, 6) is -0.218. The highest BCUT2D eigenvalue weighted by Gasteiger charge is 2.07. The third-order valence-electron chi connectivity index (χ3n) is 2.19. The van der Waals surface area contributed by atoms with Gasteiger partial charge in [0, 0.05) is 11.3 Å². The van der Waals surface area contributed by atoms with Crippen molar-refractivity contribution in [3.8, 4) is 0 Å². The summed E-state index contributed by atoms with van der Waals surface area (Å²) >= 11 is 0. The fourth-order valence-electron chi connectivity index (χ4n) is 1.25. The van der Waals surface area contributed by atoms with Crippen LogP contribution in [0.1, 0.15) is 15.9 Å². The predicted octanol–water partition coefficient (Wildman–Crippen LogP) is 2.27. The summed E-state index contributed by atoms with van der Waals surface area (Å²) in [6, 6.07) is 7.27. The molecule has 0 aliphatic carbocycles. The summed E-state index contributed by atoms with van der Waals surface area (Å²) in [5.41, 5.74) is 7.99. The Morgan fingerprint density at radius 3 is 2.41 bits per heavy atom. The van der Waals surface area contributed by atoms with Gasteiger partial charge >= 0.3 is 0 Å². The Kier molecular flexibility index (Phi) is 4.29. The smallest absolute Gasteiger partial charge is 0.255 e. The van der Waals surface area contributed by atoms with E-state index in [2.05, 4.69) is 18.5 Å². The summed E-state index contributed by atoms with van der Waals surface area (Å²) in [6.07, 6.45) is 3.15. The molecular formula is C14H16N2O. The van der Waals surface area contributed by atoms with Gasteiger partial charge in [0.05, 0.1) is 5.70 Å². The van der Waals surface area contributed by atoms with E-state index in [1.165, 1.54) is 0 Å². The van der Waals surface area contributed by atoms with Gasteiger partial charge in [0.15, 0.2) is 0 Å². The van der Waals surface area contributed by atoms with Crippen molar-refractivity contribution in [3.63, 3.8) is 0 Å². The highest BCUT2D eigenvalue weighted by Crippen LogP contribution is 2.05. The topological polar surface area (TPSA) is 55.1 Å². The van der Waals surface area contributed by atoms with E-state index in [0.717, 1.165) is 5.56 Å². The maximum absolute atomic E-state index is 11.9. The molecule has 0 bridgehead atoms. The Morgan fingerprint density at radius 2 is 1.94 bits per heavy atom. The Labute approximate surface area is 101 Å². The third kappa shape index (κ3) is 3.65. The lowest BCUT2D eigenvalue weighted by Gasteiger charge is -2.08. The maximum atomic E-state index is 11.9. The van der Waals surface area contributed by atoms with E-state index in [9.17, 15) is 4.79 Å². The number of rotatable bonds is 4. The monoisotopic (exact) mass is 228 g/mol. The van der Waals surface area contributed by atoms with Crippen molar-refractivity contribution >= 4 is 5.91 Å². The number of carbonyl (C=O) groups is 1. The second kappa shape index (κ2) is 5.70. The van der Waals surface area contributed by atoms with Crippen LogP contribution in [0.3, 0.4) is 0 Å². The van der Waals surface area contributed by atoms with Crippen LogP contribution in [0.25, 0.3) is 0 Å². The molecule has 3 nitrogen and oxygen atoms in total. The maximum Gasteiger partial charge on any atom is 0.255 e. The molecule has 0 aliphatic rings. The average Bonchev–Trinajstić information content (AvgIpc) is 2.29. The van der Waals surface area contributed by atoms with Gasteiger partial charge in [-0.15, -0.1) is 0 Å². The molecule has 17 heavy (non-hydrogen) atoms. The first-order valence-electron chi connectivity index (χ1n) is 5.20. The fourth-order valence-corrected chi connectivity index (χ4v) is 1.25. The molecule has 0 saturated heterocycles. The van der Waals surface area contributed by atoms with Crippen LogP contribution in [0.2, 0.25) is 0 Å². The van der Waals surface area contributed by atoms with Crippen molar-refractivity contribution in [1.29, 1.82) is 0 Å². The lowest BCUT2D eigenvalue weighted by molar-refractivity contribution is 0.0966. The van der Waals surface area contributed by atoms with Gasteiger partial charge in [0.1, 0.15) is 0 Å². The summed E-state index contributed by atoms with van der Waals surface area (Å²) in [6.45, 7) is 9.10. The second-order valence-corrected chi connectivity index (χ2v) is 3.66. The second-order valence-electron chi connectivity index (χ2n) is 3.66. The Bertz CT molecular complexity index is 470. The number of benzene rings is 1. The molecule has 0 heterocycles. The lowest BCUT2D eigenvalue weighted by Crippen LogP contribution is -2.25.